The van der Waals surface area contributed by atoms with Crippen molar-refractivity contribution in [3.05, 3.63) is 29.8 Å². The van der Waals surface area contributed by atoms with E-state index < -0.39 is 0 Å². The first-order valence-corrected chi connectivity index (χ1v) is 7.78. The van der Waals surface area contributed by atoms with Gasteiger partial charge in [-0.05, 0) is 37.1 Å². The fourth-order valence-electron chi connectivity index (χ4n) is 2.51. The summed E-state index contributed by atoms with van der Waals surface area (Å²) in [6.45, 7) is 3.70. The summed E-state index contributed by atoms with van der Waals surface area (Å²) in [5, 5.41) is 5.91. The maximum absolute atomic E-state index is 12.2. The fraction of sp³-hybridized carbons (Fsp3) is 0.529. The first kappa shape index (κ1) is 15.5. The number of amides is 2. The molecule has 0 aromatic heterocycles. The second-order valence-electron chi connectivity index (χ2n) is 6.03. The van der Waals surface area contributed by atoms with Crippen LogP contribution in [-0.2, 0) is 4.79 Å². The van der Waals surface area contributed by atoms with E-state index in [0.29, 0.717) is 11.6 Å². The molecule has 1 aliphatic carbocycles. The molecule has 0 bridgehead atoms. The van der Waals surface area contributed by atoms with E-state index in [1.165, 1.54) is 19.3 Å². The van der Waals surface area contributed by atoms with E-state index in [-0.39, 0.29) is 17.7 Å². The fourth-order valence-corrected chi connectivity index (χ4v) is 2.51. The number of hydrogen-bond acceptors (Lipinski definition) is 2. The molecule has 1 aromatic rings. The van der Waals surface area contributed by atoms with Crippen LogP contribution in [0.4, 0.5) is 5.69 Å². The van der Waals surface area contributed by atoms with Gasteiger partial charge in [0.05, 0.1) is 0 Å². The summed E-state index contributed by atoms with van der Waals surface area (Å²) in [4.78, 5) is 23.8. The highest BCUT2D eigenvalue weighted by Crippen LogP contribution is 2.18. The number of hydrogen-bond donors (Lipinski definition) is 2. The van der Waals surface area contributed by atoms with Gasteiger partial charge < -0.3 is 10.6 Å². The molecule has 2 N–H and O–H groups in total. The van der Waals surface area contributed by atoms with Crippen molar-refractivity contribution in [1.82, 2.24) is 5.32 Å². The zero-order valence-electron chi connectivity index (χ0n) is 12.8. The maximum Gasteiger partial charge on any atom is 0.251 e. The Morgan fingerprint density at radius 1 is 1.05 bits per heavy atom. The second kappa shape index (κ2) is 7.25. The average molecular weight is 288 g/mol. The molecule has 21 heavy (non-hydrogen) atoms. The van der Waals surface area contributed by atoms with Crippen molar-refractivity contribution in [2.24, 2.45) is 5.92 Å². The minimum Gasteiger partial charge on any atom is -0.349 e. The highest BCUT2D eigenvalue weighted by molar-refractivity contribution is 5.96. The van der Waals surface area contributed by atoms with Gasteiger partial charge in [0.25, 0.3) is 5.91 Å². The van der Waals surface area contributed by atoms with Gasteiger partial charge in [-0.1, -0.05) is 33.1 Å². The van der Waals surface area contributed by atoms with Crippen molar-refractivity contribution in [2.75, 3.05) is 5.32 Å². The monoisotopic (exact) mass is 288 g/mol. The van der Waals surface area contributed by atoms with Crippen molar-refractivity contribution < 1.29 is 9.59 Å². The van der Waals surface area contributed by atoms with E-state index in [1.54, 1.807) is 24.3 Å². The lowest BCUT2D eigenvalue weighted by Crippen LogP contribution is -2.36. The normalized spacial score (nSPS) is 15.8. The van der Waals surface area contributed by atoms with Gasteiger partial charge in [0.1, 0.15) is 0 Å². The van der Waals surface area contributed by atoms with Crippen molar-refractivity contribution in [1.29, 1.82) is 0 Å². The number of carbonyl (C=O) groups excluding carboxylic acids is 2. The number of rotatable bonds is 4. The Balaban J connectivity index is 1.91. The van der Waals surface area contributed by atoms with Crippen LogP contribution in [-0.4, -0.2) is 17.9 Å². The largest absolute Gasteiger partial charge is 0.349 e. The minimum absolute atomic E-state index is 0.0191. The first-order chi connectivity index (χ1) is 10.1. The van der Waals surface area contributed by atoms with E-state index in [1.807, 2.05) is 13.8 Å². The van der Waals surface area contributed by atoms with Crippen molar-refractivity contribution in [3.8, 4) is 0 Å². The molecule has 4 nitrogen and oxygen atoms in total. The molecular weight excluding hydrogens is 264 g/mol. The first-order valence-electron chi connectivity index (χ1n) is 7.78. The molecule has 1 saturated carbocycles. The van der Waals surface area contributed by atoms with Crippen LogP contribution in [0.25, 0.3) is 0 Å². The molecule has 2 rings (SSSR count). The number of nitrogens with one attached hydrogen (secondary N) is 2. The summed E-state index contributed by atoms with van der Waals surface area (Å²) in [5.74, 6) is -0.0997. The van der Waals surface area contributed by atoms with Gasteiger partial charge in [0.15, 0.2) is 0 Å². The lowest BCUT2D eigenvalue weighted by atomic mass is 9.95. The van der Waals surface area contributed by atoms with Crippen LogP contribution in [0.3, 0.4) is 0 Å². The summed E-state index contributed by atoms with van der Waals surface area (Å²) in [7, 11) is 0. The Morgan fingerprint density at radius 3 is 2.24 bits per heavy atom. The highest BCUT2D eigenvalue weighted by atomic mass is 16.2. The summed E-state index contributed by atoms with van der Waals surface area (Å²) in [6.07, 6.45) is 5.83. The van der Waals surface area contributed by atoms with Crippen LogP contribution in [0.15, 0.2) is 24.3 Å². The third kappa shape index (κ3) is 4.59. The summed E-state index contributed by atoms with van der Waals surface area (Å²) in [5.41, 5.74) is 1.37. The third-order valence-corrected chi connectivity index (χ3v) is 3.88. The standard InChI is InChI=1S/C17H24N2O2/c1-12(2)16(20)18-15-10-8-13(9-11-15)17(21)19-14-6-4-3-5-7-14/h8-12,14H,3-7H2,1-2H3,(H,18,20)(H,19,21). The van der Waals surface area contributed by atoms with Crippen LogP contribution >= 0.6 is 0 Å². The summed E-state index contributed by atoms with van der Waals surface area (Å²) < 4.78 is 0. The third-order valence-electron chi connectivity index (χ3n) is 3.88. The average Bonchev–Trinajstić information content (AvgIpc) is 2.48. The second-order valence-corrected chi connectivity index (χ2v) is 6.03. The van der Waals surface area contributed by atoms with Gasteiger partial charge in [0, 0.05) is 23.2 Å². The molecule has 0 aliphatic heterocycles. The molecule has 0 unspecified atom stereocenters. The Hall–Kier alpha value is -1.84. The molecule has 0 radical (unpaired) electrons. The van der Waals surface area contributed by atoms with Gasteiger partial charge >= 0.3 is 0 Å². The molecule has 1 aromatic carbocycles. The highest BCUT2D eigenvalue weighted by Gasteiger charge is 2.16. The van der Waals surface area contributed by atoms with Crippen molar-refractivity contribution >= 4 is 17.5 Å². The summed E-state index contributed by atoms with van der Waals surface area (Å²) >= 11 is 0. The lowest BCUT2D eigenvalue weighted by Gasteiger charge is -2.22. The predicted octanol–water partition coefficient (Wildman–Crippen LogP) is 3.34. The quantitative estimate of drug-likeness (QED) is 0.892. The Labute approximate surface area is 126 Å². The van der Waals surface area contributed by atoms with Gasteiger partial charge in [-0.2, -0.15) is 0 Å². The molecule has 114 valence electrons. The van der Waals surface area contributed by atoms with Gasteiger partial charge in [-0.15, -0.1) is 0 Å². The molecule has 1 fully saturated rings. The topological polar surface area (TPSA) is 58.2 Å². The zero-order chi connectivity index (χ0) is 15.2. The Kier molecular flexibility index (Phi) is 5.37. The SMILES string of the molecule is CC(C)C(=O)Nc1ccc(C(=O)NC2CCCCC2)cc1. The molecule has 2 amide bonds. The van der Waals surface area contributed by atoms with Crippen LogP contribution < -0.4 is 10.6 Å². The maximum atomic E-state index is 12.2. The van der Waals surface area contributed by atoms with Crippen LogP contribution in [0, 0.1) is 5.92 Å². The molecule has 0 heterocycles. The molecule has 0 saturated heterocycles. The van der Waals surface area contributed by atoms with Gasteiger partial charge in [0.2, 0.25) is 5.91 Å². The van der Waals surface area contributed by atoms with Gasteiger partial charge in [-0.3, -0.25) is 9.59 Å². The molecule has 1 aliphatic rings. The molecule has 4 heteroatoms. The van der Waals surface area contributed by atoms with Crippen molar-refractivity contribution in [2.45, 2.75) is 52.0 Å². The smallest absolute Gasteiger partial charge is 0.251 e. The number of benzene rings is 1. The van der Waals surface area contributed by atoms with Gasteiger partial charge in [-0.25, -0.2) is 0 Å². The zero-order valence-corrected chi connectivity index (χ0v) is 12.8. The van der Waals surface area contributed by atoms with Crippen LogP contribution in [0.1, 0.15) is 56.3 Å². The molecule has 0 spiro atoms. The van der Waals surface area contributed by atoms with Crippen molar-refractivity contribution in [3.63, 3.8) is 0 Å². The molecular formula is C17H24N2O2. The number of anilines is 1. The van der Waals surface area contributed by atoms with E-state index in [9.17, 15) is 9.59 Å². The van der Waals surface area contributed by atoms with Crippen LogP contribution in [0.2, 0.25) is 0 Å². The number of carbonyl (C=O) groups is 2. The Bertz CT molecular complexity index is 488. The van der Waals surface area contributed by atoms with E-state index >= 15 is 0 Å². The predicted molar refractivity (Wildman–Crippen MR) is 84.2 cm³/mol. The Morgan fingerprint density at radius 2 is 1.67 bits per heavy atom. The minimum atomic E-state index is -0.0562. The summed E-state index contributed by atoms with van der Waals surface area (Å²) in [6, 6.07) is 7.38. The van der Waals surface area contributed by atoms with E-state index in [4.69, 9.17) is 0 Å². The molecule has 0 atom stereocenters. The van der Waals surface area contributed by atoms with E-state index in [0.717, 1.165) is 18.5 Å². The van der Waals surface area contributed by atoms with E-state index in [2.05, 4.69) is 10.6 Å². The van der Waals surface area contributed by atoms with Crippen LogP contribution in [0.5, 0.6) is 0 Å². The lowest BCUT2D eigenvalue weighted by molar-refractivity contribution is -0.118.